The normalized spacial score (nSPS) is 11.2. The Bertz CT molecular complexity index is 911. The molecule has 0 saturated heterocycles. The van der Waals surface area contributed by atoms with Crippen LogP contribution in [0.4, 0.5) is 5.69 Å². The number of nitrogens with zero attached hydrogens (tertiary/aromatic N) is 1. The monoisotopic (exact) mass is 364 g/mol. The van der Waals surface area contributed by atoms with E-state index in [1.165, 1.54) is 31.2 Å². The number of amides is 1. The highest BCUT2D eigenvalue weighted by Gasteiger charge is 2.20. The van der Waals surface area contributed by atoms with Crippen molar-refractivity contribution in [3.63, 3.8) is 0 Å². The minimum Gasteiger partial charge on any atom is -0.451 e. The van der Waals surface area contributed by atoms with Crippen molar-refractivity contribution < 1.29 is 19.1 Å². The Labute approximate surface area is 157 Å². The summed E-state index contributed by atoms with van der Waals surface area (Å²) in [6, 6.07) is 13.1. The van der Waals surface area contributed by atoms with Crippen LogP contribution in [0.5, 0.6) is 0 Å². The first-order chi connectivity index (χ1) is 12.8. The lowest BCUT2D eigenvalue weighted by molar-refractivity contribution is -0.115. The number of carbonyl (C=O) groups excluding carboxylic acids is 3. The fraction of sp³-hybridized carbons (Fsp3) is 0.238. The molecule has 138 valence electrons. The Hall–Kier alpha value is -3.46. The first-order valence-corrected chi connectivity index (χ1v) is 8.41. The minimum atomic E-state index is -0.922. The van der Waals surface area contributed by atoms with Crippen LogP contribution in [0.1, 0.15) is 45.2 Å². The molecular formula is C21H20N2O4. The van der Waals surface area contributed by atoms with E-state index in [1.807, 2.05) is 19.9 Å². The molecule has 0 bridgehead atoms. The maximum absolute atomic E-state index is 12.5. The van der Waals surface area contributed by atoms with E-state index >= 15 is 0 Å². The number of ether oxygens (including phenoxy) is 1. The van der Waals surface area contributed by atoms with Crippen molar-refractivity contribution >= 4 is 23.3 Å². The van der Waals surface area contributed by atoms with Gasteiger partial charge in [-0.3, -0.25) is 9.59 Å². The number of benzene rings is 2. The molecule has 6 nitrogen and oxygen atoms in total. The molecule has 0 aliphatic heterocycles. The van der Waals surface area contributed by atoms with Gasteiger partial charge in [0.25, 0.3) is 0 Å². The molecule has 0 unspecified atom stereocenters. The molecule has 0 fully saturated rings. The van der Waals surface area contributed by atoms with Crippen molar-refractivity contribution in [2.75, 3.05) is 5.32 Å². The molecule has 2 aromatic rings. The molecule has 1 N–H and O–H groups in total. The van der Waals surface area contributed by atoms with Gasteiger partial charge >= 0.3 is 5.97 Å². The van der Waals surface area contributed by atoms with Gasteiger partial charge in [0.1, 0.15) is 6.42 Å². The van der Waals surface area contributed by atoms with Gasteiger partial charge in [0.2, 0.25) is 11.7 Å². The van der Waals surface area contributed by atoms with Crippen molar-refractivity contribution in [2.45, 2.75) is 33.3 Å². The Morgan fingerprint density at radius 1 is 1.04 bits per heavy atom. The van der Waals surface area contributed by atoms with E-state index in [0.717, 1.165) is 11.1 Å². The SMILES string of the molecule is Cc1ccc(C(=O)[C@H](C)OC(=O)c2ccc(NC(=O)CC#N)cc2)cc1C. The number of rotatable bonds is 6. The summed E-state index contributed by atoms with van der Waals surface area (Å²) in [5.41, 5.74) is 3.29. The number of carbonyl (C=O) groups is 3. The number of esters is 1. The number of nitrogens with one attached hydrogen (secondary N) is 1. The van der Waals surface area contributed by atoms with E-state index < -0.39 is 18.0 Å². The third-order valence-electron chi connectivity index (χ3n) is 4.09. The van der Waals surface area contributed by atoms with Gasteiger partial charge in [-0.25, -0.2) is 4.79 Å². The second-order valence-electron chi connectivity index (χ2n) is 6.17. The molecule has 0 aliphatic rings. The molecule has 0 aliphatic carbocycles. The predicted octanol–water partition coefficient (Wildman–Crippen LogP) is 3.58. The van der Waals surface area contributed by atoms with Gasteiger partial charge in [0.15, 0.2) is 6.10 Å². The minimum absolute atomic E-state index is 0.248. The average molecular weight is 364 g/mol. The van der Waals surface area contributed by atoms with Gasteiger partial charge in [0.05, 0.1) is 11.6 Å². The van der Waals surface area contributed by atoms with Crippen LogP contribution in [0.2, 0.25) is 0 Å². The number of nitriles is 1. The predicted molar refractivity (Wildman–Crippen MR) is 100 cm³/mol. The Morgan fingerprint density at radius 3 is 2.26 bits per heavy atom. The van der Waals surface area contributed by atoms with Crippen LogP contribution in [0.25, 0.3) is 0 Å². The summed E-state index contributed by atoms with van der Waals surface area (Å²) in [5.74, 6) is -1.33. The van der Waals surface area contributed by atoms with Crippen molar-refractivity contribution in [3.05, 3.63) is 64.7 Å². The second-order valence-corrected chi connectivity index (χ2v) is 6.17. The van der Waals surface area contributed by atoms with Crippen LogP contribution < -0.4 is 5.32 Å². The van der Waals surface area contributed by atoms with Gasteiger partial charge in [-0.15, -0.1) is 0 Å². The van der Waals surface area contributed by atoms with Crippen LogP contribution in [0, 0.1) is 25.2 Å². The van der Waals surface area contributed by atoms with Crippen LogP contribution >= 0.6 is 0 Å². The summed E-state index contributed by atoms with van der Waals surface area (Å²) in [5, 5.41) is 11.0. The number of ketones is 1. The lowest BCUT2D eigenvalue weighted by Crippen LogP contribution is -2.24. The van der Waals surface area contributed by atoms with Gasteiger partial charge in [-0.1, -0.05) is 12.1 Å². The van der Waals surface area contributed by atoms with Gasteiger partial charge in [-0.2, -0.15) is 5.26 Å². The number of hydrogen-bond donors (Lipinski definition) is 1. The Morgan fingerprint density at radius 2 is 1.67 bits per heavy atom. The summed E-state index contributed by atoms with van der Waals surface area (Å²) in [4.78, 5) is 36.1. The van der Waals surface area contributed by atoms with E-state index in [-0.39, 0.29) is 17.8 Å². The third-order valence-corrected chi connectivity index (χ3v) is 4.09. The van der Waals surface area contributed by atoms with Gasteiger partial charge in [0, 0.05) is 11.3 Å². The molecule has 6 heteroatoms. The quantitative estimate of drug-likeness (QED) is 0.624. The molecule has 0 saturated carbocycles. The van der Waals surface area contributed by atoms with E-state index in [1.54, 1.807) is 18.2 Å². The molecule has 27 heavy (non-hydrogen) atoms. The van der Waals surface area contributed by atoms with Crippen molar-refractivity contribution in [1.82, 2.24) is 0 Å². The number of anilines is 1. The standard InChI is InChI=1S/C21H20N2O4/c1-13-4-5-17(12-14(13)2)20(25)15(3)27-21(26)16-6-8-18(9-7-16)23-19(24)10-11-22/h4-9,12,15H,10H2,1-3H3,(H,23,24)/t15-/m0/s1. The molecule has 0 radical (unpaired) electrons. The number of aryl methyl sites for hydroxylation is 2. The van der Waals surface area contributed by atoms with Crippen molar-refractivity contribution in [3.8, 4) is 6.07 Å². The fourth-order valence-corrected chi connectivity index (χ4v) is 2.38. The molecule has 0 heterocycles. The molecule has 0 spiro atoms. The van der Waals surface area contributed by atoms with Gasteiger partial charge in [-0.05, 0) is 62.2 Å². The smallest absolute Gasteiger partial charge is 0.338 e. The summed E-state index contributed by atoms with van der Waals surface area (Å²) >= 11 is 0. The molecule has 1 atom stereocenters. The summed E-state index contributed by atoms with van der Waals surface area (Å²) in [7, 11) is 0. The van der Waals surface area contributed by atoms with E-state index in [2.05, 4.69) is 5.32 Å². The van der Waals surface area contributed by atoms with Crippen molar-refractivity contribution in [2.24, 2.45) is 0 Å². The summed E-state index contributed by atoms with van der Waals surface area (Å²) in [6.07, 6.45) is -1.17. The van der Waals surface area contributed by atoms with Gasteiger partial charge < -0.3 is 10.1 Å². The largest absolute Gasteiger partial charge is 0.451 e. The van der Waals surface area contributed by atoms with E-state index in [4.69, 9.17) is 10.00 Å². The summed E-state index contributed by atoms with van der Waals surface area (Å²) < 4.78 is 5.26. The third kappa shape index (κ3) is 5.25. The lowest BCUT2D eigenvalue weighted by atomic mass is 10.0. The molecule has 0 aromatic heterocycles. The number of Topliss-reactive ketones (excluding diaryl/α,β-unsaturated/α-hetero) is 1. The summed E-state index contributed by atoms with van der Waals surface area (Å²) in [6.45, 7) is 5.41. The molecule has 2 rings (SSSR count). The number of hydrogen-bond acceptors (Lipinski definition) is 5. The first-order valence-electron chi connectivity index (χ1n) is 8.41. The van der Waals surface area contributed by atoms with Crippen LogP contribution in [0.3, 0.4) is 0 Å². The topological polar surface area (TPSA) is 96.3 Å². The maximum Gasteiger partial charge on any atom is 0.338 e. The van der Waals surface area contributed by atoms with Crippen LogP contribution in [0.15, 0.2) is 42.5 Å². The molecule has 1 amide bonds. The highest BCUT2D eigenvalue weighted by atomic mass is 16.5. The molecule has 2 aromatic carbocycles. The zero-order valence-corrected chi connectivity index (χ0v) is 15.4. The molecular weight excluding hydrogens is 344 g/mol. The second kappa shape index (κ2) is 8.77. The Kier molecular flexibility index (Phi) is 6.45. The van der Waals surface area contributed by atoms with Crippen molar-refractivity contribution in [1.29, 1.82) is 5.26 Å². The zero-order chi connectivity index (χ0) is 20.0. The van der Waals surface area contributed by atoms with Crippen LogP contribution in [-0.4, -0.2) is 23.8 Å². The first kappa shape index (κ1) is 19.9. The van der Waals surface area contributed by atoms with Crippen LogP contribution in [-0.2, 0) is 9.53 Å². The zero-order valence-electron chi connectivity index (χ0n) is 15.4. The lowest BCUT2D eigenvalue weighted by Gasteiger charge is -2.13. The van der Waals surface area contributed by atoms with E-state index in [9.17, 15) is 14.4 Å². The Balaban J connectivity index is 2.01. The highest BCUT2D eigenvalue weighted by molar-refractivity contribution is 6.01. The maximum atomic E-state index is 12.5. The van der Waals surface area contributed by atoms with E-state index in [0.29, 0.717) is 11.3 Å². The fourth-order valence-electron chi connectivity index (χ4n) is 2.38. The highest BCUT2D eigenvalue weighted by Crippen LogP contribution is 2.15. The average Bonchev–Trinajstić information content (AvgIpc) is 2.64.